The van der Waals surface area contributed by atoms with Crippen molar-refractivity contribution < 1.29 is 21.8 Å². The van der Waals surface area contributed by atoms with Gasteiger partial charge in [0.25, 0.3) is 0 Å². The molecule has 0 saturated heterocycles. The molecule has 126 valence electrons. The molecule has 0 spiro atoms. The van der Waals surface area contributed by atoms with Gasteiger partial charge in [-0.3, -0.25) is 4.79 Å². The fourth-order valence-electron chi connectivity index (χ4n) is 2.75. The van der Waals surface area contributed by atoms with Gasteiger partial charge in [-0.2, -0.15) is 13.4 Å². The van der Waals surface area contributed by atoms with Crippen LogP contribution in [0, 0.1) is 5.92 Å². The predicted octanol–water partition coefficient (Wildman–Crippen LogP) is 1.92. The van der Waals surface area contributed by atoms with Crippen molar-refractivity contribution in [1.29, 1.82) is 0 Å². The molecule has 2 aliphatic rings. The van der Waals surface area contributed by atoms with Crippen molar-refractivity contribution in [1.82, 2.24) is 14.8 Å². The standard InChI is InChI=1S/C15H14FN3O4S/c16-11-8-12(9-4-2-1-3-5-9)19-13(11)17-15(18-19)24(21,22)23-14(20)10-6-7-10/h1-5,10-12H,6-8H2/t11-,12-/m0/s1. The summed E-state index contributed by atoms with van der Waals surface area (Å²) < 4.78 is 44.3. The summed E-state index contributed by atoms with van der Waals surface area (Å²) in [5.74, 6) is -1.24. The normalized spacial score (nSPS) is 23.0. The van der Waals surface area contributed by atoms with Crippen LogP contribution in [0.25, 0.3) is 0 Å². The van der Waals surface area contributed by atoms with Crippen LogP contribution in [0.2, 0.25) is 0 Å². The minimum atomic E-state index is -4.43. The molecular weight excluding hydrogens is 337 g/mol. The van der Waals surface area contributed by atoms with E-state index in [0.29, 0.717) is 12.8 Å². The zero-order chi connectivity index (χ0) is 16.9. The van der Waals surface area contributed by atoms with Crippen LogP contribution >= 0.6 is 0 Å². The van der Waals surface area contributed by atoms with E-state index < -0.39 is 33.5 Å². The Labute approximate surface area is 137 Å². The first-order valence-electron chi connectivity index (χ1n) is 7.59. The average molecular weight is 351 g/mol. The molecule has 0 bridgehead atoms. The minimum Gasteiger partial charge on any atom is -0.340 e. The van der Waals surface area contributed by atoms with Crippen molar-refractivity contribution >= 4 is 16.1 Å². The van der Waals surface area contributed by atoms with Gasteiger partial charge >= 0.3 is 21.2 Å². The average Bonchev–Trinajstić information content (AvgIpc) is 3.23. The van der Waals surface area contributed by atoms with E-state index in [1.165, 1.54) is 4.68 Å². The van der Waals surface area contributed by atoms with Crippen LogP contribution in [0.15, 0.2) is 35.5 Å². The molecule has 0 N–H and O–H groups in total. The van der Waals surface area contributed by atoms with Crippen LogP contribution in [-0.4, -0.2) is 29.2 Å². The summed E-state index contributed by atoms with van der Waals surface area (Å²) in [4.78, 5) is 15.3. The third kappa shape index (κ3) is 2.58. The number of hydrogen-bond donors (Lipinski definition) is 0. The molecule has 1 aliphatic carbocycles. The molecule has 24 heavy (non-hydrogen) atoms. The first-order chi connectivity index (χ1) is 11.5. The summed E-state index contributed by atoms with van der Waals surface area (Å²) in [6, 6.07) is 8.65. The molecule has 0 unspecified atom stereocenters. The Hall–Kier alpha value is -2.29. The number of carbonyl (C=O) groups excluding carboxylic acids is 1. The number of aromatic nitrogens is 3. The van der Waals surface area contributed by atoms with Crippen molar-refractivity contribution in [3.63, 3.8) is 0 Å². The lowest BCUT2D eigenvalue weighted by molar-refractivity contribution is -0.135. The maximum absolute atomic E-state index is 14.2. The summed E-state index contributed by atoms with van der Waals surface area (Å²) >= 11 is 0. The van der Waals surface area contributed by atoms with E-state index in [4.69, 9.17) is 0 Å². The van der Waals surface area contributed by atoms with E-state index in [1.807, 2.05) is 30.3 Å². The highest BCUT2D eigenvalue weighted by atomic mass is 32.2. The lowest BCUT2D eigenvalue weighted by atomic mass is 10.0. The summed E-state index contributed by atoms with van der Waals surface area (Å²) in [6.45, 7) is 0. The van der Waals surface area contributed by atoms with Crippen LogP contribution in [0.5, 0.6) is 0 Å². The molecule has 7 nitrogen and oxygen atoms in total. The molecule has 9 heteroatoms. The second kappa shape index (κ2) is 5.37. The fourth-order valence-corrected chi connectivity index (χ4v) is 3.57. The van der Waals surface area contributed by atoms with Gasteiger partial charge in [0.2, 0.25) is 0 Å². The molecule has 0 radical (unpaired) electrons. The van der Waals surface area contributed by atoms with Crippen LogP contribution in [0.3, 0.4) is 0 Å². The molecule has 2 aromatic rings. The summed E-state index contributed by atoms with van der Waals surface area (Å²) in [7, 11) is -4.43. The Morgan fingerprint density at radius 2 is 1.96 bits per heavy atom. The van der Waals surface area contributed by atoms with Gasteiger partial charge in [0.15, 0.2) is 12.0 Å². The Balaban J connectivity index is 1.66. The molecule has 2 atom stereocenters. The van der Waals surface area contributed by atoms with Crippen LogP contribution < -0.4 is 0 Å². The molecule has 1 aliphatic heterocycles. The number of alkyl halides is 1. The van der Waals surface area contributed by atoms with Crippen LogP contribution in [0.4, 0.5) is 4.39 Å². The maximum Gasteiger partial charge on any atom is 0.379 e. The summed E-state index contributed by atoms with van der Waals surface area (Å²) in [6.07, 6.45) is -0.0544. The fraction of sp³-hybridized carbons (Fsp3) is 0.400. The molecule has 1 aromatic heterocycles. The first kappa shape index (κ1) is 15.3. The highest BCUT2D eigenvalue weighted by Gasteiger charge is 2.40. The van der Waals surface area contributed by atoms with E-state index in [-0.39, 0.29) is 18.2 Å². The van der Waals surface area contributed by atoms with Gasteiger partial charge in [0.1, 0.15) is 0 Å². The third-order valence-corrected chi connectivity index (χ3v) is 5.16. The van der Waals surface area contributed by atoms with Gasteiger partial charge < -0.3 is 4.18 Å². The Morgan fingerprint density at radius 3 is 2.62 bits per heavy atom. The van der Waals surface area contributed by atoms with E-state index >= 15 is 0 Å². The number of nitrogens with zero attached hydrogens (tertiary/aromatic N) is 3. The van der Waals surface area contributed by atoms with Gasteiger partial charge in [-0.15, -0.1) is 5.10 Å². The van der Waals surface area contributed by atoms with Gasteiger partial charge in [0.05, 0.1) is 12.0 Å². The number of hydrogen-bond acceptors (Lipinski definition) is 6. The van der Waals surface area contributed by atoms with Crippen LogP contribution in [0.1, 0.15) is 42.9 Å². The second-order valence-corrected chi connectivity index (χ2v) is 7.40. The van der Waals surface area contributed by atoms with Crippen molar-refractivity contribution in [2.24, 2.45) is 5.92 Å². The van der Waals surface area contributed by atoms with Crippen molar-refractivity contribution in [3.05, 3.63) is 41.7 Å². The SMILES string of the molecule is O=C(OS(=O)(=O)c1nc2n(n1)[C@H](c1ccccc1)C[C@@H]2F)C1CC1. The van der Waals surface area contributed by atoms with Crippen molar-refractivity contribution in [3.8, 4) is 0 Å². The number of halogens is 1. The minimum absolute atomic E-state index is 0.0649. The largest absolute Gasteiger partial charge is 0.379 e. The van der Waals surface area contributed by atoms with Gasteiger partial charge in [-0.25, -0.2) is 9.07 Å². The molecule has 0 amide bonds. The molecule has 1 saturated carbocycles. The van der Waals surface area contributed by atoms with E-state index in [9.17, 15) is 17.6 Å². The summed E-state index contributed by atoms with van der Waals surface area (Å²) in [5, 5.41) is 3.23. The molecular formula is C15H14FN3O4S. The first-order valence-corrected chi connectivity index (χ1v) is 9.00. The molecule has 1 fully saturated rings. The quantitative estimate of drug-likeness (QED) is 0.782. The van der Waals surface area contributed by atoms with E-state index in [2.05, 4.69) is 14.3 Å². The molecule has 1 aromatic carbocycles. The lowest BCUT2D eigenvalue weighted by Gasteiger charge is -2.11. The lowest BCUT2D eigenvalue weighted by Crippen LogP contribution is -2.17. The monoisotopic (exact) mass is 351 g/mol. The zero-order valence-electron chi connectivity index (χ0n) is 12.5. The number of benzene rings is 1. The van der Waals surface area contributed by atoms with Gasteiger partial charge in [-0.05, 0) is 18.4 Å². The van der Waals surface area contributed by atoms with E-state index in [1.54, 1.807) is 0 Å². The van der Waals surface area contributed by atoms with Crippen molar-refractivity contribution in [2.75, 3.05) is 0 Å². The zero-order valence-corrected chi connectivity index (χ0v) is 13.3. The third-order valence-electron chi connectivity index (χ3n) is 4.15. The highest BCUT2D eigenvalue weighted by Crippen LogP contribution is 2.40. The number of fused-ring (bicyclic) bond motifs is 1. The van der Waals surface area contributed by atoms with Crippen molar-refractivity contribution in [2.45, 2.75) is 36.6 Å². The Kier molecular flexibility index (Phi) is 3.41. The van der Waals surface area contributed by atoms with Gasteiger partial charge in [0, 0.05) is 6.42 Å². The van der Waals surface area contributed by atoms with E-state index in [0.717, 1.165) is 5.56 Å². The van der Waals surface area contributed by atoms with Crippen LogP contribution in [-0.2, 0) is 19.1 Å². The topological polar surface area (TPSA) is 91.2 Å². The smallest absolute Gasteiger partial charge is 0.340 e. The predicted molar refractivity (Wildman–Crippen MR) is 79.1 cm³/mol. The highest BCUT2D eigenvalue weighted by molar-refractivity contribution is 7.87. The molecule has 2 heterocycles. The number of carbonyl (C=O) groups is 1. The Bertz CT molecular complexity index is 893. The molecule has 4 rings (SSSR count). The number of rotatable bonds is 4. The second-order valence-electron chi connectivity index (χ2n) is 5.96. The summed E-state index contributed by atoms with van der Waals surface area (Å²) in [5.41, 5.74) is 0.808. The maximum atomic E-state index is 14.2. The Morgan fingerprint density at radius 1 is 1.25 bits per heavy atom. The van der Waals surface area contributed by atoms with Gasteiger partial charge in [-0.1, -0.05) is 30.3 Å².